The number of nitrogens with one attached hydrogen (secondary N) is 1. The molecule has 0 fully saturated rings. The van der Waals surface area contributed by atoms with E-state index in [1.165, 1.54) is 82.6 Å². The van der Waals surface area contributed by atoms with Crippen molar-refractivity contribution in [1.29, 1.82) is 5.41 Å². The lowest BCUT2D eigenvalue weighted by molar-refractivity contribution is 0.573. The van der Waals surface area contributed by atoms with Crippen LogP contribution < -0.4 is 0 Å². The minimum atomic E-state index is 0.350. The van der Waals surface area contributed by atoms with Gasteiger partial charge in [0.25, 0.3) is 0 Å². The van der Waals surface area contributed by atoms with Crippen molar-refractivity contribution in [1.82, 2.24) is 0 Å². The largest absolute Gasteiger partial charge is 0.309 e. The van der Waals surface area contributed by atoms with E-state index in [2.05, 4.69) is 44.2 Å². The first-order chi connectivity index (χ1) is 12.3. The maximum atomic E-state index is 8.65. The van der Waals surface area contributed by atoms with E-state index < -0.39 is 0 Å². The zero-order chi connectivity index (χ0) is 18.2. The maximum absolute atomic E-state index is 8.65. The maximum Gasteiger partial charge on any atom is 0.0216 e. The van der Waals surface area contributed by atoms with Crippen LogP contribution in [0.5, 0.6) is 0 Å². The Balaban J connectivity index is 2.38. The van der Waals surface area contributed by atoms with Crippen molar-refractivity contribution in [3.63, 3.8) is 0 Å². The second-order valence-corrected chi connectivity index (χ2v) is 7.56. The summed E-state index contributed by atoms with van der Waals surface area (Å²) in [5.74, 6) is 0.350. The molecule has 0 heterocycles. The Morgan fingerprint density at radius 1 is 0.720 bits per heavy atom. The predicted octanol–water partition coefficient (Wildman–Crippen LogP) is 8.29. The molecule has 1 unspecified atom stereocenters. The minimum absolute atomic E-state index is 0.350. The van der Waals surface area contributed by atoms with Crippen molar-refractivity contribution in [3.05, 3.63) is 35.9 Å². The fraction of sp³-hybridized carbons (Fsp3) is 0.708. The lowest BCUT2D eigenvalue weighted by atomic mass is 9.86. The summed E-state index contributed by atoms with van der Waals surface area (Å²) in [5.41, 5.74) is 2.32. The minimum Gasteiger partial charge on any atom is -0.309 e. The number of benzene rings is 1. The highest BCUT2D eigenvalue weighted by Gasteiger charge is 2.16. The van der Waals surface area contributed by atoms with Crippen molar-refractivity contribution in [2.75, 3.05) is 0 Å². The van der Waals surface area contributed by atoms with Gasteiger partial charge in [-0.1, -0.05) is 115 Å². The van der Waals surface area contributed by atoms with Crippen LogP contribution in [0.4, 0.5) is 0 Å². The number of rotatable bonds is 16. The fourth-order valence-corrected chi connectivity index (χ4v) is 3.63. The average molecular weight is 344 g/mol. The van der Waals surface area contributed by atoms with E-state index in [1.54, 1.807) is 0 Å². The molecular formula is C24H41N. The van der Waals surface area contributed by atoms with Gasteiger partial charge in [0.05, 0.1) is 0 Å². The Hall–Kier alpha value is -1.11. The first-order valence-electron chi connectivity index (χ1n) is 10.9. The molecule has 142 valence electrons. The summed E-state index contributed by atoms with van der Waals surface area (Å²) < 4.78 is 0. The van der Waals surface area contributed by atoms with Crippen molar-refractivity contribution < 1.29 is 0 Å². The average Bonchev–Trinajstić information content (AvgIpc) is 2.64. The Morgan fingerprint density at radius 2 is 1.24 bits per heavy atom. The molecule has 0 radical (unpaired) electrons. The summed E-state index contributed by atoms with van der Waals surface area (Å²) in [6.07, 6.45) is 18.0. The smallest absolute Gasteiger partial charge is 0.0216 e. The highest BCUT2D eigenvalue weighted by molar-refractivity contribution is 5.88. The van der Waals surface area contributed by atoms with Gasteiger partial charge in [-0.15, -0.1) is 0 Å². The summed E-state index contributed by atoms with van der Waals surface area (Å²) in [6, 6.07) is 10.8. The molecule has 0 spiro atoms. The van der Waals surface area contributed by atoms with Crippen LogP contribution in [0.15, 0.2) is 30.3 Å². The van der Waals surface area contributed by atoms with E-state index in [0.717, 1.165) is 18.6 Å². The van der Waals surface area contributed by atoms with Crippen LogP contribution in [0.3, 0.4) is 0 Å². The molecule has 1 atom stereocenters. The number of hydrogen-bond donors (Lipinski definition) is 1. The molecule has 0 amide bonds. The Bertz CT molecular complexity index is 423. The first kappa shape index (κ1) is 21.9. The van der Waals surface area contributed by atoms with Crippen molar-refractivity contribution in [2.24, 2.45) is 0 Å². The molecular weight excluding hydrogens is 302 g/mol. The quantitative estimate of drug-likeness (QED) is 0.230. The van der Waals surface area contributed by atoms with E-state index >= 15 is 0 Å². The van der Waals surface area contributed by atoms with Crippen LogP contribution in [0.2, 0.25) is 0 Å². The molecule has 1 aromatic rings. The van der Waals surface area contributed by atoms with Gasteiger partial charge in [0.1, 0.15) is 0 Å². The van der Waals surface area contributed by atoms with Crippen LogP contribution in [-0.4, -0.2) is 5.71 Å². The molecule has 1 heteroatoms. The summed E-state index contributed by atoms with van der Waals surface area (Å²) in [6.45, 7) is 4.54. The molecule has 25 heavy (non-hydrogen) atoms. The summed E-state index contributed by atoms with van der Waals surface area (Å²) in [4.78, 5) is 0. The third-order valence-electron chi connectivity index (χ3n) is 5.27. The Kier molecular flexibility index (Phi) is 13.3. The second kappa shape index (κ2) is 15.2. The number of unbranched alkanes of at least 4 members (excludes halogenated alkanes) is 10. The van der Waals surface area contributed by atoms with E-state index in [-0.39, 0.29) is 0 Å². The molecule has 1 nitrogen and oxygen atoms in total. The zero-order valence-corrected chi connectivity index (χ0v) is 16.9. The van der Waals surface area contributed by atoms with Gasteiger partial charge in [-0.25, -0.2) is 0 Å². The highest BCUT2D eigenvalue weighted by Crippen LogP contribution is 2.26. The molecule has 1 N–H and O–H groups in total. The van der Waals surface area contributed by atoms with Crippen LogP contribution in [0.25, 0.3) is 0 Å². The van der Waals surface area contributed by atoms with E-state index in [4.69, 9.17) is 5.41 Å². The van der Waals surface area contributed by atoms with Gasteiger partial charge in [0.2, 0.25) is 0 Å². The number of hydrogen-bond acceptors (Lipinski definition) is 1. The third-order valence-corrected chi connectivity index (χ3v) is 5.27. The fourth-order valence-electron chi connectivity index (χ4n) is 3.63. The van der Waals surface area contributed by atoms with Crippen LogP contribution in [0.1, 0.15) is 115 Å². The summed E-state index contributed by atoms with van der Waals surface area (Å²) in [7, 11) is 0. The van der Waals surface area contributed by atoms with Gasteiger partial charge in [-0.3, -0.25) is 0 Å². The lowest BCUT2D eigenvalue weighted by Gasteiger charge is -2.19. The second-order valence-electron chi connectivity index (χ2n) is 7.56. The van der Waals surface area contributed by atoms with E-state index in [9.17, 15) is 0 Å². The van der Waals surface area contributed by atoms with Crippen LogP contribution in [-0.2, 0) is 0 Å². The van der Waals surface area contributed by atoms with Gasteiger partial charge in [0, 0.05) is 11.6 Å². The molecule has 0 bridgehead atoms. The lowest BCUT2D eigenvalue weighted by Crippen LogP contribution is -2.12. The zero-order valence-electron chi connectivity index (χ0n) is 16.9. The molecule has 0 aliphatic heterocycles. The van der Waals surface area contributed by atoms with Gasteiger partial charge in [-0.2, -0.15) is 0 Å². The molecule has 1 rings (SSSR count). The topological polar surface area (TPSA) is 23.9 Å². The molecule has 1 aromatic carbocycles. The van der Waals surface area contributed by atoms with Crippen molar-refractivity contribution in [2.45, 2.75) is 110 Å². The van der Waals surface area contributed by atoms with Crippen LogP contribution in [0, 0.1) is 5.41 Å². The molecule has 0 saturated carbocycles. The summed E-state index contributed by atoms with van der Waals surface area (Å²) >= 11 is 0. The molecule has 0 saturated heterocycles. The summed E-state index contributed by atoms with van der Waals surface area (Å²) in [5, 5.41) is 8.65. The van der Waals surface area contributed by atoms with E-state index in [0.29, 0.717) is 5.92 Å². The van der Waals surface area contributed by atoms with Gasteiger partial charge in [-0.05, 0) is 24.8 Å². The van der Waals surface area contributed by atoms with Gasteiger partial charge in [0.15, 0.2) is 0 Å². The highest BCUT2D eigenvalue weighted by atomic mass is 14.4. The van der Waals surface area contributed by atoms with Gasteiger partial charge >= 0.3 is 0 Å². The normalized spacial score (nSPS) is 12.2. The molecule has 0 aromatic heterocycles. The Labute approximate surface area is 157 Å². The van der Waals surface area contributed by atoms with Crippen molar-refractivity contribution >= 4 is 5.71 Å². The third kappa shape index (κ3) is 10.5. The monoisotopic (exact) mass is 343 g/mol. The van der Waals surface area contributed by atoms with Crippen molar-refractivity contribution in [3.8, 4) is 0 Å². The standard InChI is InChI=1S/C24H41N/c1-3-5-7-9-11-16-20-23(22-18-14-13-15-19-22)24(25)21-17-12-10-8-6-4-2/h13-15,18-19,23,25H,3-12,16-17,20-21H2,1-2H3. The first-order valence-corrected chi connectivity index (χ1v) is 10.9. The van der Waals surface area contributed by atoms with Gasteiger partial charge < -0.3 is 5.41 Å². The predicted molar refractivity (Wildman–Crippen MR) is 113 cm³/mol. The van der Waals surface area contributed by atoms with Crippen LogP contribution >= 0.6 is 0 Å². The SMILES string of the molecule is CCCCCCCCC(=N)C(CCCCCCCC)c1ccccc1. The Morgan fingerprint density at radius 3 is 1.84 bits per heavy atom. The molecule has 0 aliphatic rings. The molecule has 0 aliphatic carbocycles. The van der Waals surface area contributed by atoms with E-state index in [1.807, 2.05) is 0 Å².